The van der Waals surface area contributed by atoms with Gasteiger partial charge in [0, 0.05) is 31.7 Å². The van der Waals surface area contributed by atoms with Crippen molar-refractivity contribution in [3.63, 3.8) is 0 Å². The van der Waals surface area contributed by atoms with Gasteiger partial charge in [0.15, 0.2) is 0 Å². The Hall–Kier alpha value is -2.00. The van der Waals surface area contributed by atoms with Crippen LogP contribution in [0.5, 0.6) is 0 Å². The first-order chi connectivity index (χ1) is 14.3. The van der Waals surface area contributed by atoms with Gasteiger partial charge < -0.3 is 9.64 Å². The zero-order valence-electron chi connectivity index (χ0n) is 17.3. The molecule has 1 saturated heterocycles. The molecule has 0 radical (unpaired) electrons. The number of sulfonamides is 1. The normalized spacial score (nSPS) is 17.5. The molecule has 166 valence electrons. The van der Waals surface area contributed by atoms with E-state index >= 15 is 0 Å². The molecule has 2 aliphatic rings. The van der Waals surface area contributed by atoms with Gasteiger partial charge in [-0.05, 0) is 56.7 Å². The number of rotatable bonds is 9. The summed E-state index contributed by atoms with van der Waals surface area (Å²) in [6, 6.07) is 3.47. The van der Waals surface area contributed by atoms with Gasteiger partial charge in [-0.1, -0.05) is 6.42 Å². The highest BCUT2D eigenvalue weighted by molar-refractivity contribution is 7.89. The van der Waals surface area contributed by atoms with E-state index in [1.807, 2.05) is 0 Å². The van der Waals surface area contributed by atoms with Crippen molar-refractivity contribution >= 4 is 21.9 Å². The molecule has 0 N–H and O–H groups in total. The predicted molar refractivity (Wildman–Crippen MR) is 109 cm³/mol. The van der Waals surface area contributed by atoms with Crippen LogP contribution in [0.25, 0.3) is 0 Å². The first-order valence-electron chi connectivity index (χ1n) is 10.6. The fourth-order valence-corrected chi connectivity index (χ4v) is 5.22. The average molecular weight is 441 g/mol. The van der Waals surface area contributed by atoms with Crippen molar-refractivity contribution in [2.75, 3.05) is 32.8 Å². The first kappa shape index (κ1) is 22.7. The number of piperidine rings is 1. The standard InChI is InChI=1S/C21H29FN2O5S/c1-2-29-20(25)10-13-23(15-16-6-7-16)21(26)17-8-9-18(22)19(14-17)30(27,28)24-11-4-3-5-12-24/h8-9,14,16H,2-7,10-13,15H2,1H3. The van der Waals surface area contributed by atoms with Gasteiger partial charge in [-0.3, -0.25) is 9.59 Å². The van der Waals surface area contributed by atoms with Crippen LogP contribution in [0.15, 0.2) is 23.1 Å². The lowest BCUT2D eigenvalue weighted by Gasteiger charge is -2.26. The summed E-state index contributed by atoms with van der Waals surface area (Å²) in [7, 11) is -4.00. The fraction of sp³-hybridized carbons (Fsp3) is 0.619. The summed E-state index contributed by atoms with van der Waals surface area (Å²) in [6.45, 7) is 3.36. The Kier molecular flexibility index (Phi) is 7.46. The first-order valence-corrected chi connectivity index (χ1v) is 12.0. The summed E-state index contributed by atoms with van der Waals surface area (Å²) in [4.78, 5) is 25.9. The number of ether oxygens (including phenoxy) is 1. The van der Waals surface area contributed by atoms with E-state index in [0.29, 0.717) is 25.6 Å². The van der Waals surface area contributed by atoms with Crippen molar-refractivity contribution in [3.8, 4) is 0 Å². The molecule has 0 bridgehead atoms. The second kappa shape index (κ2) is 9.87. The number of carbonyl (C=O) groups is 2. The highest BCUT2D eigenvalue weighted by Crippen LogP contribution is 2.31. The van der Waals surface area contributed by atoms with Gasteiger partial charge in [0.2, 0.25) is 10.0 Å². The molecule has 0 spiro atoms. The molecule has 1 aliphatic heterocycles. The quantitative estimate of drug-likeness (QED) is 0.552. The zero-order valence-corrected chi connectivity index (χ0v) is 18.1. The maximum Gasteiger partial charge on any atom is 0.307 e. The number of halogens is 1. The van der Waals surface area contributed by atoms with E-state index in [1.165, 1.54) is 10.4 Å². The number of hydrogen-bond donors (Lipinski definition) is 0. The van der Waals surface area contributed by atoms with Gasteiger partial charge >= 0.3 is 5.97 Å². The summed E-state index contributed by atoms with van der Waals surface area (Å²) in [5.74, 6) is -1.27. The third-order valence-electron chi connectivity index (χ3n) is 5.46. The van der Waals surface area contributed by atoms with Gasteiger partial charge in [-0.2, -0.15) is 4.31 Å². The van der Waals surface area contributed by atoms with Crippen LogP contribution in [0.1, 0.15) is 55.8 Å². The van der Waals surface area contributed by atoms with Crippen LogP contribution in [-0.2, 0) is 19.6 Å². The summed E-state index contributed by atoms with van der Waals surface area (Å²) >= 11 is 0. The molecule has 1 heterocycles. The molecule has 9 heteroatoms. The van der Waals surface area contributed by atoms with Crippen LogP contribution < -0.4 is 0 Å². The van der Waals surface area contributed by atoms with Crippen LogP contribution in [0.3, 0.4) is 0 Å². The minimum atomic E-state index is -4.00. The van der Waals surface area contributed by atoms with Crippen molar-refractivity contribution in [1.29, 1.82) is 0 Å². The number of esters is 1. The highest BCUT2D eigenvalue weighted by Gasteiger charge is 2.31. The number of benzene rings is 1. The predicted octanol–water partition coefficient (Wildman–Crippen LogP) is 2.81. The van der Waals surface area contributed by atoms with Gasteiger partial charge in [-0.15, -0.1) is 0 Å². The summed E-state index contributed by atoms with van der Waals surface area (Å²) < 4.78 is 46.5. The van der Waals surface area contributed by atoms with Crippen LogP contribution in [0.2, 0.25) is 0 Å². The second-order valence-electron chi connectivity index (χ2n) is 7.86. The summed E-state index contributed by atoms with van der Waals surface area (Å²) in [5, 5.41) is 0. The van der Waals surface area contributed by atoms with Gasteiger partial charge in [0.05, 0.1) is 13.0 Å². The molecule has 1 aromatic rings. The Morgan fingerprint density at radius 2 is 1.90 bits per heavy atom. The van der Waals surface area contributed by atoms with Crippen LogP contribution in [-0.4, -0.2) is 62.3 Å². The number of amides is 1. The Bertz CT molecular complexity index is 879. The molecule has 0 unspecified atom stereocenters. The van der Waals surface area contributed by atoms with E-state index in [0.717, 1.165) is 44.2 Å². The molecule has 1 aromatic carbocycles. The maximum absolute atomic E-state index is 14.5. The van der Waals surface area contributed by atoms with Crippen molar-refractivity contribution in [2.45, 2.75) is 50.3 Å². The van der Waals surface area contributed by atoms with E-state index in [2.05, 4.69) is 0 Å². The third-order valence-corrected chi connectivity index (χ3v) is 7.38. The van der Waals surface area contributed by atoms with Gasteiger partial charge in [0.1, 0.15) is 10.7 Å². The Morgan fingerprint density at radius 3 is 2.53 bits per heavy atom. The van der Waals surface area contributed by atoms with Crippen LogP contribution in [0.4, 0.5) is 4.39 Å². The minimum absolute atomic E-state index is 0.0619. The lowest BCUT2D eigenvalue weighted by atomic mass is 10.1. The van der Waals surface area contributed by atoms with Crippen LogP contribution >= 0.6 is 0 Å². The molecule has 3 rings (SSSR count). The Balaban J connectivity index is 1.81. The summed E-state index contributed by atoms with van der Waals surface area (Å²) in [5.41, 5.74) is 0.108. The van der Waals surface area contributed by atoms with E-state index < -0.39 is 32.6 Å². The molecule has 0 aromatic heterocycles. The number of nitrogens with zero attached hydrogens (tertiary/aromatic N) is 2. The second-order valence-corrected chi connectivity index (χ2v) is 9.77. The smallest absolute Gasteiger partial charge is 0.307 e. The van der Waals surface area contributed by atoms with Gasteiger partial charge in [-0.25, -0.2) is 12.8 Å². The third kappa shape index (κ3) is 5.57. The number of hydrogen-bond acceptors (Lipinski definition) is 5. The molecule has 2 fully saturated rings. The molecule has 1 amide bonds. The lowest BCUT2D eigenvalue weighted by molar-refractivity contribution is -0.143. The van der Waals surface area contributed by atoms with Crippen LogP contribution in [0, 0.1) is 11.7 Å². The van der Waals surface area contributed by atoms with E-state index in [1.54, 1.807) is 11.8 Å². The molecule has 1 saturated carbocycles. The molecule has 1 aliphatic carbocycles. The van der Waals surface area contributed by atoms with Crippen molar-refractivity contribution in [3.05, 3.63) is 29.6 Å². The summed E-state index contributed by atoms with van der Waals surface area (Å²) in [6.07, 6.45) is 4.52. The largest absolute Gasteiger partial charge is 0.466 e. The minimum Gasteiger partial charge on any atom is -0.466 e. The Morgan fingerprint density at radius 1 is 1.20 bits per heavy atom. The maximum atomic E-state index is 14.5. The molecule has 0 atom stereocenters. The average Bonchev–Trinajstić information content (AvgIpc) is 3.56. The lowest BCUT2D eigenvalue weighted by Crippen LogP contribution is -2.37. The van der Waals surface area contributed by atoms with E-state index in [9.17, 15) is 22.4 Å². The SMILES string of the molecule is CCOC(=O)CCN(CC1CC1)C(=O)c1ccc(F)c(S(=O)(=O)N2CCCCC2)c1. The Labute approximate surface area is 177 Å². The number of carbonyl (C=O) groups excluding carboxylic acids is 2. The molecular weight excluding hydrogens is 411 g/mol. The monoisotopic (exact) mass is 440 g/mol. The highest BCUT2D eigenvalue weighted by atomic mass is 32.2. The zero-order chi connectivity index (χ0) is 21.7. The van der Waals surface area contributed by atoms with E-state index in [4.69, 9.17) is 4.74 Å². The van der Waals surface area contributed by atoms with Gasteiger partial charge in [0.25, 0.3) is 5.91 Å². The molecular formula is C21H29FN2O5S. The van der Waals surface area contributed by atoms with Crippen molar-refractivity contribution in [2.24, 2.45) is 5.92 Å². The topological polar surface area (TPSA) is 84.0 Å². The van der Waals surface area contributed by atoms with Crippen molar-refractivity contribution < 1.29 is 27.1 Å². The molecule has 30 heavy (non-hydrogen) atoms. The van der Waals surface area contributed by atoms with Crippen molar-refractivity contribution in [1.82, 2.24) is 9.21 Å². The van der Waals surface area contributed by atoms with E-state index in [-0.39, 0.29) is 25.1 Å². The fourth-order valence-electron chi connectivity index (χ4n) is 3.61. The molecule has 7 nitrogen and oxygen atoms in total.